The van der Waals surface area contributed by atoms with E-state index < -0.39 is 0 Å². The number of hydrogen-bond acceptors (Lipinski definition) is 1. The Bertz CT molecular complexity index is 349. The molecule has 0 bridgehead atoms. The fourth-order valence-corrected chi connectivity index (χ4v) is 2.52. The lowest BCUT2D eigenvalue weighted by Gasteiger charge is -2.17. The van der Waals surface area contributed by atoms with Crippen LogP contribution in [0.15, 0.2) is 18.2 Å². The SMILES string of the molecule is CC.Cc1cc(CN2CCCC2)cc(C(C)C)c1. The summed E-state index contributed by atoms with van der Waals surface area (Å²) in [5, 5.41) is 0. The summed E-state index contributed by atoms with van der Waals surface area (Å²) < 4.78 is 0. The molecule has 0 saturated carbocycles. The molecule has 0 atom stereocenters. The number of rotatable bonds is 3. The third-order valence-electron chi connectivity index (χ3n) is 3.43. The van der Waals surface area contributed by atoms with Crippen LogP contribution in [0.25, 0.3) is 0 Å². The molecule has 1 heterocycles. The van der Waals surface area contributed by atoms with Crippen molar-refractivity contribution in [2.45, 2.75) is 59.9 Å². The van der Waals surface area contributed by atoms with Crippen molar-refractivity contribution in [2.75, 3.05) is 13.1 Å². The molecule has 1 aromatic rings. The number of benzene rings is 1. The Balaban J connectivity index is 0.000000771. The van der Waals surface area contributed by atoms with Crippen LogP contribution in [0.5, 0.6) is 0 Å². The predicted molar refractivity (Wildman–Crippen MR) is 81.1 cm³/mol. The Hall–Kier alpha value is -0.820. The molecular formula is C17H29N. The molecule has 0 aromatic heterocycles. The molecule has 1 aliphatic heterocycles. The van der Waals surface area contributed by atoms with Gasteiger partial charge in [0.05, 0.1) is 0 Å². The van der Waals surface area contributed by atoms with Crippen molar-refractivity contribution in [1.82, 2.24) is 4.90 Å². The lowest BCUT2D eigenvalue weighted by molar-refractivity contribution is 0.331. The summed E-state index contributed by atoms with van der Waals surface area (Å²) >= 11 is 0. The molecule has 102 valence electrons. The molecular weight excluding hydrogens is 218 g/mol. The molecule has 18 heavy (non-hydrogen) atoms. The van der Waals surface area contributed by atoms with Crippen molar-refractivity contribution in [3.63, 3.8) is 0 Å². The molecule has 0 radical (unpaired) electrons. The number of aryl methyl sites for hydroxylation is 1. The largest absolute Gasteiger partial charge is 0.299 e. The van der Waals surface area contributed by atoms with E-state index in [1.54, 1.807) is 0 Å². The molecule has 0 N–H and O–H groups in total. The van der Waals surface area contributed by atoms with Gasteiger partial charge < -0.3 is 0 Å². The first-order chi connectivity index (χ1) is 8.65. The van der Waals surface area contributed by atoms with Crippen LogP contribution in [-0.4, -0.2) is 18.0 Å². The van der Waals surface area contributed by atoms with E-state index in [4.69, 9.17) is 0 Å². The van der Waals surface area contributed by atoms with Crippen molar-refractivity contribution in [1.29, 1.82) is 0 Å². The molecule has 1 aromatic carbocycles. The van der Waals surface area contributed by atoms with Crippen LogP contribution in [0, 0.1) is 6.92 Å². The number of nitrogens with zero attached hydrogens (tertiary/aromatic N) is 1. The van der Waals surface area contributed by atoms with E-state index in [1.165, 1.54) is 42.6 Å². The van der Waals surface area contributed by atoms with Gasteiger partial charge in [0.2, 0.25) is 0 Å². The molecule has 1 fully saturated rings. The van der Waals surface area contributed by atoms with Crippen molar-refractivity contribution in [2.24, 2.45) is 0 Å². The summed E-state index contributed by atoms with van der Waals surface area (Å²) in [4.78, 5) is 2.57. The fourth-order valence-electron chi connectivity index (χ4n) is 2.52. The number of likely N-dealkylation sites (tertiary alicyclic amines) is 1. The van der Waals surface area contributed by atoms with Gasteiger partial charge in [-0.3, -0.25) is 4.90 Å². The quantitative estimate of drug-likeness (QED) is 0.745. The Morgan fingerprint density at radius 3 is 2.22 bits per heavy atom. The Morgan fingerprint density at radius 1 is 1.06 bits per heavy atom. The molecule has 0 unspecified atom stereocenters. The molecule has 1 nitrogen and oxygen atoms in total. The average molecular weight is 247 g/mol. The number of hydrogen-bond donors (Lipinski definition) is 0. The highest BCUT2D eigenvalue weighted by molar-refractivity contribution is 5.31. The molecule has 0 spiro atoms. The van der Waals surface area contributed by atoms with E-state index in [0.29, 0.717) is 5.92 Å². The van der Waals surface area contributed by atoms with Crippen LogP contribution in [0.3, 0.4) is 0 Å². The van der Waals surface area contributed by atoms with Gasteiger partial charge in [-0.15, -0.1) is 0 Å². The van der Waals surface area contributed by atoms with Gasteiger partial charge in [-0.25, -0.2) is 0 Å². The van der Waals surface area contributed by atoms with E-state index in [2.05, 4.69) is 43.9 Å². The normalized spacial score (nSPS) is 15.7. The van der Waals surface area contributed by atoms with Crippen molar-refractivity contribution >= 4 is 0 Å². The van der Waals surface area contributed by atoms with E-state index >= 15 is 0 Å². The van der Waals surface area contributed by atoms with Crippen molar-refractivity contribution in [3.05, 3.63) is 34.9 Å². The van der Waals surface area contributed by atoms with E-state index in [-0.39, 0.29) is 0 Å². The van der Waals surface area contributed by atoms with Crippen molar-refractivity contribution < 1.29 is 0 Å². The highest BCUT2D eigenvalue weighted by atomic mass is 15.1. The zero-order valence-corrected chi connectivity index (χ0v) is 12.8. The van der Waals surface area contributed by atoms with Gasteiger partial charge in [0.15, 0.2) is 0 Å². The Labute approximate surface area is 113 Å². The summed E-state index contributed by atoms with van der Waals surface area (Å²) in [7, 11) is 0. The van der Waals surface area contributed by atoms with Crippen LogP contribution in [0.1, 0.15) is 63.1 Å². The summed E-state index contributed by atoms with van der Waals surface area (Å²) in [5.74, 6) is 0.636. The lowest BCUT2D eigenvalue weighted by atomic mass is 9.98. The minimum atomic E-state index is 0.636. The smallest absolute Gasteiger partial charge is 0.0233 e. The van der Waals surface area contributed by atoms with Crippen molar-refractivity contribution in [3.8, 4) is 0 Å². The van der Waals surface area contributed by atoms with Crippen LogP contribution in [0.4, 0.5) is 0 Å². The Morgan fingerprint density at radius 2 is 1.67 bits per heavy atom. The molecule has 0 amide bonds. The zero-order valence-electron chi connectivity index (χ0n) is 12.8. The van der Waals surface area contributed by atoms with Crippen LogP contribution in [0.2, 0.25) is 0 Å². The highest BCUT2D eigenvalue weighted by Gasteiger charge is 2.12. The second-order valence-electron chi connectivity index (χ2n) is 5.39. The summed E-state index contributed by atoms with van der Waals surface area (Å²) in [6.07, 6.45) is 2.76. The minimum Gasteiger partial charge on any atom is -0.299 e. The van der Waals surface area contributed by atoms with E-state index in [0.717, 1.165) is 6.54 Å². The fraction of sp³-hybridized carbons (Fsp3) is 0.647. The topological polar surface area (TPSA) is 3.24 Å². The third kappa shape index (κ3) is 4.45. The standard InChI is InChI=1S/C15H23N.C2H6/c1-12(2)15-9-13(3)8-14(10-15)11-16-6-4-5-7-16;1-2/h8-10,12H,4-7,11H2,1-3H3;1-2H3. The zero-order chi connectivity index (χ0) is 13.5. The lowest BCUT2D eigenvalue weighted by Crippen LogP contribution is -2.18. The molecule has 2 rings (SSSR count). The third-order valence-corrected chi connectivity index (χ3v) is 3.43. The maximum atomic E-state index is 2.57. The molecule has 1 aliphatic rings. The monoisotopic (exact) mass is 247 g/mol. The van der Waals surface area contributed by atoms with E-state index in [9.17, 15) is 0 Å². The van der Waals surface area contributed by atoms with Crippen LogP contribution < -0.4 is 0 Å². The molecule has 1 saturated heterocycles. The second kappa shape index (κ2) is 7.58. The summed E-state index contributed by atoms with van der Waals surface area (Å²) in [6.45, 7) is 14.5. The first kappa shape index (κ1) is 15.2. The van der Waals surface area contributed by atoms with Gasteiger partial charge in [0, 0.05) is 6.54 Å². The van der Waals surface area contributed by atoms with Gasteiger partial charge in [0.25, 0.3) is 0 Å². The van der Waals surface area contributed by atoms with Gasteiger partial charge in [-0.05, 0) is 49.9 Å². The first-order valence-electron chi connectivity index (χ1n) is 7.48. The van der Waals surface area contributed by atoms with Gasteiger partial charge in [-0.1, -0.05) is 51.5 Å². The minimum absolute atomic E-state index is 0.636. The maximum Gasteiger partial charge on any atom is 0.0233 e. The van der Waals surface area contributed by atoms with E-state index in [1.807, 2.05) is 13.8 Å². The van der Waals surface area contributed by atoms with Crippen LogP contribution >= 0.6 is 0 Å². The second-order valence-corrected chi connectivity index (χ2v) is 5.39. The van der Waals surface area contributed by atoms with Crippen LogP contribution in [-0.2, 0) is 6.54 Å². The predicted octanol–water partition coefficient (Wildman–Crippen LogP) is 4.74. The van der Waals surface area contributed by atoms with Gasteiger partial charge >= 0.3 is 0 Å². The first-order valence-corrected chi connectivity index (χ1v) is 7.48. The highest BCUT2D eigenvalue weighted by Crippen LogP contribution is 2.20. The maximum absolute atomic E-state index is 2.57. The molecule has 0 aliphatic carbocycles. The Kier molecular flexibility index (Phi) is 6.42. The summed E-state index contributed by atoms with van der Waals surface area (Å²) in [6, 6.07) is 7.04. The van der Waals surface area contributed by atoms with Gasteiger partial charge in [-0.2, -0.15) is 0 Å². The average Bonchev–Trinajstić information content (AvgIpc) is 2.83. The van der Waals surface area contributed by atoms with Gasteiger partial charge in [0.1, 0.15) is 0 Å². The summed E-state index contributed by atoms with van der Waals surface area (Å²) in [5.41, 5.74) is 4.38. The molecule has 1 heteroatoms.